The predicted octanol–water partition coefficient (Wildman–Crippen LogP) is 2.93. The minimum absolute atomic E-state index is 0.271. The lowest BCUT2D eigenvalue weighted by molar-refractivity contribution is -0.0334. The average molecular weight is 417 g/mol. The third-order valence-electron chi connectivity index (χ3n) is 5.14. The van der Waals surface area contributed by atoms with Crippen molar-refractivity contribution in [1.82, 2.24) is 15.5 Å². The van der Waals surface area contributed by atoms with Crippen molar-refractivity contribution in [3.8, 4) is 5.75 Å². The van der Waals surface area contributed by atoms with E-state index in [4.69, 9.17) is 9.47 Å². The largest absolute Gasteiger partial charge is 0.497 e. The molecule has 1 saturated heterocycles. The van der Waals surface area contributed by atoms with Gasteiger partial charge >= 0.3 is 0 Å². The first-order valence-corrected chi connectivity index (χ1v) is 11.0. The number of nitrogens with zero attached hydrogens (tertiary/aromatic N) is 2. The summed E-state index contributed by atoms with van der Waals surface area (Å²) >= 11 is 1.81. The Bertz CT molecular complexity index is 749. The molecule has 0 aliphatic carbocycles. The Morgan fingerprint density at radius 1 is 1.31 bits per heavy atom. The molecule has 0 spiro atoms. The minimum Gasteiger partial charge on any atom is -0.497 e. The number of ether oxygens (including phenoxy) is 2. The highest BCUT2D eigenvalue weighted by atomic mass is 32.1. The van der Waals surface area contributed by atoms with Crippen LogP contribution in [-0.4, -0.2) is 63.9 Å². The normalized spacial score (nSPS) is 19.0. The fourth-order valence-electron chi connectivity index (χ4n) is 3.55. The fourth-order valence-corrected chi connectivity index (χ4v) is 4.41. The lowest BCUT2D eigenvalue weighted by Gasteiger charge is -2.37. The summed E-state index contributed by atoms with van der Waals surface area (Å²) in [5, 5.41) is 9.09. The van der Waals surface area contributed by atoms with E-state index in [1.54, 1.807) is 7.11 Å². The molecule has 3 rings (SSSR count). The van der Waals surface area contributed by atoms with Crippen molar-refractivity contribution in [3.05, 3.63) is 52.2 Å². The molecule has 1 aromatic heterocycles. The first kappa shape index (κ1) is 21.6. The Morgan fingerprint density at radius 2 is 2.14 bits per heavy atom. The molecule has 6 nitrogen and oxygen atoms in total. The second-order valence-corrected chi connectivity index (χ2v) is 8.16. The molecule has 1 fully saturated rings. The Labute approximate surface area is 177 Å². The van der Waals surface area contributed by atoms with Gasteiger partial charge in [-0.15, -0.1) is 11.3 Å². The van der Waals surface area contributed by atoms with Gasteiger partial charge in [-0.05, 0) is 42.5 Å². The van der Waals surface area contributed by atoms with Crippen molar-refractivity contribution in [2.75, 3.05) is 46.9 Å². The summed E-state index contributed by atoms with van der Waals surface area (Å²) in [6.45, 7) is 6.48. The minimum atomic E-state index is 0.271. The molecule has 2 unspecified atom stereocenters. The van der Waals surface area contributed by atoms with Gasteiger partial charge in [0, 0.05) is 38.1 Å². The van der Waals surface area contributed by atoms with Gasteiger partial charge < -0.3 is 20.1 Å². The van der Waals surface area contributed by atoms with Crippen LogP contribution >= 0.6 is 11.3 Å². The van der Waals surface area contributed by atoms with Crippen molar-refractivity contribution in [3.63, 3.8) is 0 Å². The van der Waals surface area contributed by atoms with Gasteiger partial charge in [0.05, 0.1) is 25.9 Å². The van der Waals surface area contributed by atoms with E-state index in [0.29, 0.717) is 6.04 Å². The molecule has 158 valence electrons. The maximum absolute atomic E-state index is 5.73. The molecule has 0 bridgehead atoms. The number of morpholine rings is 1. The summed E-state index contributed by atoms with van der Waals surface area (Å²) in [5.41, 5.74) is 1.27. The molecule has 0 amide bonds. The standard InChI is InChI=1S/C22H32N4O2S/c1-17-16-26(12-13-28-17)20(21-5-4-14-29-21)15-25-22(23-2)24-11-10-18-6-8-19(27-3)9-7-18/h4-9,14,17,20H,10-13,15-16H2,1-3H3,(H2,23,24,25). The van der Waals surface area contributed by atoms with E-state index in [9.17, 15) is 0 Å². The number of nitrogens with one attached hydrogen (secondary N) is 2. The highest BCUT2D eigenvalue weighted by molar-refractivity contribution is 7.10. The highest BCUT2D eigenvalue weighted by Gasteiger charge is 2.26. The van der Waals surface area contributed by atoms with E-state index in [1.165, 1.54) is 10.4 Å². The topological polar surface area (TPSA) is 58.1 Å². The van der Waals surface area contributed by atoms with Gasteiger partial charge in [0.25, 0.3) is 0 Å². The average Bonchev–Trinajstić information content (AvgIpc) is 3.27. The van der Waals surface area contributed by atoms with Crippen LogP contribution in [0.5, 0.6) is 5.75 Å². The summed E-state index contributed by atoms with van der Waals surface area (Å²) in [6.07, 6.45) is 1.20. The van der Waals surface area contributed by atoms with Gasteiger partial charge in [-0.1, -0.05) is 18.2 Å². The summed E-state index contributed by atoms with van der Waals surface area (Å²) in [4.78, 5) is 8.28. The Hall–Kier alpha value is -2.09. The van der Waals surface area contributed by atoms with E-state index in [0.717, 1.165) is 50.9 Å². The van der Waals surface area contributed by atoms with E-state index in [2.05, 4.69) is 57.1 Å². The Kier molecular flexibility index (Phi) is 8.34. The van der Waals surface area contributed by atoms with E-state index >= 15 is 0 Å². The number of thiophene rings is 1. The van der Waals surface area contributed by atoms with Gasteiger partial charge in [-0.25, -0.2) is 0 Å². The Balaban J connectivity index is 1.51. The number of hydrogen-bond donors (Lipinski definition) is 2. The number of hydrogen-bond acceptors (Lipinski definition) is 5. The summed E-state index contributed by atoms with van der Waals surface area (Å²) in [5.74, 6) is 1.72. The zero-order chi connectivity index (χ0) is 20.5. The molecule has 7 heteroatoms. The van der Waals surface area contributed by atoms with Crippen LogP contribution in [0.3, 0.4) is 0 Å². The molecule has 2 aromatic rings. The quantitative estimate of drug-likeness (QED) is 0.512. The monoisotopic (exact) mass is 416 g/mol. The smallest absolute Gasteiger partial charge is 0.191 e. The lowest BCUT2D eigenvalue weighted by Crippen LogP contribution is -2.48. The SMILES string of the molecule is CN=C(NCCc1ccc(OC)cc1)NCC(c1cccs1)N1CCOC(C)C1. The summed E-state index contributed by atoms with van der Waals surface area (Å²) < 4.78 is 10.9. The van der Waals surface area contributed by atoms with Crippen LogP contribution in [0.25, 0.3) is 0 Å². The van der Waals surface area contributed by atoms with Crippen molar-refractivity contribution in [1.29, 1.82) is 0 Å². The third kappa shape index (κ3) is 6.45. The van der Waals surface area contributed by atoms with Crippen molar-refractivity contribution >= 4 is 17.3 Å². The van der Waals surface area contributed by atoms with Gasteiger partial charge in [0.15, 0.2) is 5.96 Å². The van der Waals surface area contributed by atoms with Crippen LogP contribution in [0.1, 0.15) is 23.4 Å². The van der Waals surface area contributed by atoms with Crippen LogP contribution in [0.2, 0.25) is 0 Å². The van der Waals surface area contributed by atoms with Crippen LogP contribution in [0.15, 0.2) is 46.8 Å². The molecular formula is C22H32N4O2S. The second kappa shape index (κ2) is 11.2. The molecule has 0 saturated carbocycles. The molecule has 2 N–H and O–H groups in total. The van der Waals surface area contributed by atoms with E-state index < -0.39 is 0 Å². The van der Waals surface area contributed by atoms with Crippen LogP contribution in [0.4, 0.5) is 0 Å². The molecule has 1 aliphatic heterocycles. The summed E-state index contributed by atoms with van der Waals surface area (Å²) in [7, 11) is 3.51. The molecule has 0 radical (unpaired) electrons. The lowest BCUT2D eigenvalue weighted by atomic mass is 10.1. The zero-order valence-electron chi connectivity index (χ0n) is 17.6. The van der Waals surface area contributed by atoms with Gasteiger partial charge in [0.1, 0.15) is 5.75 Å². The molecule has 29 heavy (non-hydrogen) atoms. The van der Waals surface area contributed by atoms with Gasteiger partial charge in [0.2, 0.25) is 0 Å². The van der Waals surface area contributed by atoms with Crippen molar-refractivity contribution in [2.24, 2.45) is 4.99 Å². The highest BCUT2D eigenvalue weighted by Crippen LogP contribution is 2.26. The van der Waals surface area contributed by atoms with Crippen LogP contribution < -0.4 is 15.4 Å². The molecule has 2 atom stereocenters. The first-order chi connectivity index (χ1) is 14.2. The van der Waals surface area contributed by atoms with Crippen LogP contribution in [0, 0.1) is 0 Å². The number of benzene rings is 1. The molecular weight excluding hydrogens is 384 g/mol. The maximum atomic E-state index is 5.73. The number of methoxy groups -OCH3 is 1. The second-order valence-electron chi connectivity index (χ2n) is 7.19. The molecule has 2 heterocycles. The first-order valence-electron chi connectivity index (χ1n) is 10.2. The van der Waals surface area contributed by atoms with Gasteiger partial charge in [-0.3, -0.25) is 9.89 Å². The Morgan fingerprint density at radius 3 is 2.79 bits per heavy atom. The van der Waals surface area contributed by atoms with E-state index in [1.807, 2.05) is 30.5 Å². The summed E-state index contributed by atoms with van der Waals surface area (Å²) in [6, 6.07) is 12.9. The number of aliphatic imine (C=N–C) groups is 1. The number of guanidine groups is 1. The fraction of sp³-hybridized carbons (Fsp3) is 0.500. The predicted molar refractivity (Wildman–Crippen MR) is 120 cm³/mol. The maximum Gasteiger partial charge on any atom is 0.191 e. The van der Waals surface area contributed by atoms with Crippen molar-refractivity contribution < 1.29 is 9.47 Å². The van der Waals surface area contributed by atoms with Crippen molar-refractivity contribution in [2.45, 2.75) is 25.5 Å². The van der Waals surface area contributed by atoms with E-state index in [-0.39, 0.29) is 6.10 Å². The molecule has 1 aromatic carbocycles. The van der Waals surface area contributed by atoms with Crippen LogP contribution in [-0.2, 0) is 11.2 Å². The number of rotatable bonds is 8. The van der Waals surface area contributed by atoms with Gasteiger partial charge in [-0.2, -0.15) is 0 Å². The zero-order valence-corrected chi connectivity index (χ0v) is 18.4. The third-order valence-corrected chi connectivity index (χ3v) is 6.11. The molecule has 1 aliphatic rings.